The summed E-state index contributed by atoms with van der Waals surface area (Å²) in [7, 11) is -3.33. The Morgan fingerprint density at radius 2 is 1.63 bits per heavy atom. The summed E-state index contributed by atoms with van der Waals surface area (Å²) in [5.41, 5.74) is 0. The number of hydrogen-bond acceptors (Lipinski definition) is 7. The molecule has 1 rings (SSSR count). The van der Waals surface area contributed by atoms with Crippen LogP contribution in [0.5, 0.6) is 0 Å². The van der Waals surface area contributed by atoms with Crippen molar-refractivity contribution in [1.82, 2.24) is 0 Å². The lowest BCUT2D eigenvalue weighted by atomic mass is 10.2. The number of ether oxygens (including phenoxy) is 2. The Kier molecular flexibility index (Phi) is 6.90. The second-order valence-electron chi connectivity index (χ2n) is 4.11. The fourth-order valence-corrected chi connectivity index (χ4v) is 3.74. The molecular weight excluding hydrogens is 275 g/mol. The van der Waals surface area contributed by atoms with E-state index in [0.717, 1.165) is 0 Å². The molecule has 1 aliphatic heterocycles. The zero-order chi connectivity index (χ0) is 14.5. The van der Waals surface area contributed by atoms with E-state index in [1.807, 2.05) is 0 Å². The van der Waals surface area contributed by atoms with E-state index in [0.29, 0.717) is 6.61 Å². The quantitative estimate of drug-likeness (QED) is 0.638. The van der Waals surface area contributed by atoms with Gasteiger partial charge in [-0.15, -0.1) is 0 Å². The molecule has 1 aliphatic rings. The summed E-state index contributed by atoms with van der Waals surface area (Å²) in [6.07, 6.45) is -4.21. The molecule has 0 bridgehead atoms. The first-order chi connectivity index (χ1) is 8.97. The van der Waals surface area contributed by atoms with Crippen LogP contribution < -0.4 is 0 Å². The molecule has 0 unspecified atom stereocenters. The number of hydrogen-bond donors (Lipinski definition) is 2. The van der Waals surface area contributed by atoms with Gasteiger partial charge in [0.2, 0.25) is 0 Å². The van der Waals surface area contributed by atoms with Gasteiger partial charge in [-0.25, -0.2) is 0 Å². The van der Waals surface area contributed by atoms with Crippen molar-refractivity contribution >= 4 is 7.60 Å². The fourth-order valence-electron chi connectivity index (χ4n) is 1.92. The summed E-state index contributed by atoms with van der Waals surface area (Å²) in [6.45, 7) is 5.97. The van der Waals surface area contributed by atoms with E-state index in [-0.39, 0.29) is 19.4 Å². The minimum atomic E-state index is -3.33. The second kappa shape index (κ2) is 7.69. The van der Waals surface area contributed by atoms with Gasteiger partial charge < -0.3 is 28.7 Å². The largest absolute Gasteiger partial charge is 0.387 e. The van der Waals surface area contributed by atoms with Crippen LogP contribution in [0, 0.1) is 0 Å². The summed E-state index contributed by atoms with van der Waals surface area (Å²) in [4.78, 5) is 0. The monoisotopic (exact) mass is 298 g/mol. The maximum atomic E-state index is 12.3. The Morgan fingerprint density at radius 1 is 1.05 bits per heavy atom. The molecule has 1 saturated heterocycles. The molecule has 0 aromatic rings. The van der Waals surface area contributed by atoms with Crippen LogP contribution in [-0.2, 0) is 23.1 Å². The van der Waals surface area contributed by atoms with Crippen molar-refractivity contribution in [2.24, 2.45) is 0 Å². The van der Waals surface area contributed by atoms with Gasteiger partial charge in [0.1, 0.15) is 18.3 Å². The highest BCUT2D eigenvalue weighted by atomic mass is 31.2. The first kappa shape index (κ1) is 17.0. The van der Waals surface area contributed by atoms with Crippen molar-refractivity contribution in [3.63, 3.8) is 0 Å². The Morgan fingerprint density at radius 3 is 2.11 bits per heavy atom. The van der Waals surface area contributed by atoms with E-state index < -0.39 is 32.2 Å². The van der Waals surface area contributed by atoms with Gasteiger partial charge in [0.15, 0.2) is 6.29 Å². The van der Waals surface area contributed by atoms with Crippen LogP contribution in [0.3, 0.4) is 0 Å². The molecule has 0 spiro atoms. The molecule has 0 aromatic carbocycles. The van der Waals surface area contributed by atoms with Gasteiger partial charge in [-0.05, 0) is 20.8 Å². The third-order valence-electron chi connectivity index (χ3n) is 2.70. The first-order valence-corrected chi connectivity index (χ1v) is 8.21. The van der Waals surface area contributed by atoms with Crippen molar-refractivity contribution in [3.05, 3.63) is 0 Å². The third-order valence-corrected chi connectivity index (χ3v) is 4.81. The van der Waals surface area contributed by atoms with Gasteiger partial charge in [-0.2, -0.15) is 0 Å². The molecule has 0 saturated carbocycles. The predicted octanol–water partition coefficient (Wildman–Crippen LogP) is 0.736. The highest BCUT2D eigenvalue weighted by molar-refractivity contribution is 7.53. The minimum absolute atomic E-state index is 0.115. The van der Waals surface area contributed by atoms with Gasteiger partial charge in [-0.3, -0.25) is 4.57 Å². The zero-order valence-corrected chi connectivity index (χ0v) is 12.4. The van der Waals surface area contributed by atoms with Crippen LogP contribution in [0.2, 0.25) is 0 Å². The number of aliphatic hydroxyl groups excluding tert-OH is 2. The Balaban J connectivity index is 2.67. The molecule has 7 nitrogen and oxygen atoms in total. The van der Waals surface area contributed by atoms with E-state index >= 15 is 0 Å². The average molecular weight is 298 g/mol. The van der Waals surface area contributed by atoms with Crippen molar-refractivity contribution in [1.29, 1.82) is 0 Å². The van der Waals surface area contributed by atoms with Gasteiger partial charge in [0.05, 0.1) is 19.4 Å². The smallest absolute Gasteiger partial charge is 0.333 e. The lowest BCUT2D eigenvalue weighted by Gasteiger charge is -2.21. The van der Waals surface area contributed by atoms with Crippen molar-refractivity contribution < 1.29 is 33.3 Å². The van der Waals surface area contributed by atoms with Crippen LogP contribution >= 0.6 is 7.60 Å². The van der Waals surface area contributed by atoms with Crippen LogP contribution in [0.15, 0.2) is 0 Å². The molecule has 0 amide bonds. The summed E-state index contributed by atoms with van der Waals surface area (Å²) in [5, 5.41) is 19.6. The topological polar surface area (TPSA) is 94.5 Å². The SMILES string of the molecule is CCO[C@H]1O[C@H](CP(=O)(OCC)OCC)[C@H](O)[C@@H]1O. The van der Waals surface area contributed by atoms with Crippen molar-refractivity contribution in [3.8, 4) is 0 Å². The molecular formula is C11H23O7P. The van der Waals surface area contributed by atoms with Crippen LogP contribution in [-0.4, -0.2) is 60.8 Å². The van der Waals surface area contributed by atoms with Crippen LogP contribution in [0.1, 0.15) is 20.8 Å². The van der Waals surface area contributed by atoms with E-state index in [9.17, 15) is 14.8 Å². The Bertz CT molecular complexity index is 301. The predicted molar refractivity (Wildman–Crippen MR) is 68.0 cm³/mol. The summed E-state index contributed by atoms with van der Waals surface area (Å²) >= 11 is 0. The minimum Gasteiger partial charge on any atom is -0.387 e. The van der Waals surface area contributed by atoms with Gasteiger partial charge in [0.25, 0.3) is 0 Å². The van der Waals surface area contributed by atoms with Crippen molar-refractivity contribution in [2.45, 2.75) is 45.4 Å². The lowest BCUT2D eigenvalue weighted by Crippen LogP contribution is -2.34. The Labute approximate surface area is 113 Å². The normalized spacial score (nSPS) is 31.8. The molecule has 1 heterocycles. The molecule has 4 atom stereocenters. The highest BCUT2D eigenvalue weighted by Crippen LogP contribution is 2.50. The maximum absolute atomic E-state index is 12.3. The molecule has 0 radical (unpaired) electrons. The molecule has 0 aliphatic carbocycles. The summed E-state index contributed by atoms with van der Waals surface area (Å²) < 4.78 is 33.1. The van der Waals surface area contributed by atoms with Gasteiger partial charge in [0, 0.05) is 6.61 Å². The zero-order valence-electron chi connectivity index (χ0n) is 11.5. The van der Waals surface area contributed by atoms with Crippen LogP contribution in [0.25, 0.3) is 0 Å². The van der Waals surface area contributed by atoms with Crippen LogP contribution in [0.4, 0.5) is 0 Å². The fraction of sp³-hybridized carbons (Fsp3) is 1.00. The van der Waals surface area contributed by atoms with E-state index in [1.54, 1.807) is 20.8 Å². The first-order valence-electron chi connectivity index (χ1n) is 6.48. The standard InChI is InChI=1S/C11H23O7P/c1-4-15-11-10(13)9(12)8(18-11)7-19(14,16-5-2)17-6-3/h8-13H,4-7H2,1-3H3/t8-,9+,10+,11+/m1/s1. The summed E-state index contributed by atoms with van der Waals surface area (Å²) in [5.74, 6) is 0. The third kappa shape index (κ3) is 4.49. The Hall–Kier alpha value is -0.0100. The highest BCUT2D eigenvalue weighted by Gasteiger charge is 2.46. The van der Waals surface area contributed by atoms with E-state index in [2.05, 4.69) is 0 Å². The van der Waals surface area contributed by atoms with Gasteiger partial charge in [-0.1, -0.05) is 0 Å². The molecule has 19 heavy (non-hydrogen) atoms. The summed E-state index contributed by atoms with van der Waals surface area (Å²) in [6, 6.07) is 0. The van der Waals surface area contributed by atoms with Crippen molar-refractivity contribution in [2.75, 3.05) is 26.0 Å². The molecule has 2 N–H and O–H groups in total. The lowest BCUT2D eigenvalue weighted by molar-refractivity contribution is -0.160. The van der Waals surface area contributed by atoms with E-state index in [1.165, 1.54) is 0 Å². The molecule has 114 valence electrons. The van der Waals surface area contributed by atoms with E-state index in [4.69, 9.17) is 18.5 Å². The van der Waals surface area contributed by atoms with Gasteiger partial charge >= 0.3 is 7.60 Å². The molecule has 1 fully saturated rings. The molecule has 0 aromatic heterocycles. The molecule has 8 heteroatoms. The maximum Gasteiger partial charge on any atom is 0.333 e. The number of aliphatic hydroxyl groups is 2. The number of rotatable bonds is 8. The average Bonchev–Trinajstić information content (AvgIpc) is 2.59. The second-order valence-corrected chi connectivity index (χ2v) is 6.21.